The third kappa shape index (κ3) is 3.46. The fraction of sp³-hybridized carbons (Fsp3) is 0.429. The number of urea groups is 1. The zero-order chi connectivity index (χ0) is 14.7. The highest BCUT2D eigenvalue weighted by Gasteiger charge is 2.30. The van der Waals surface area contributed by atoms with Crippen molar-refractivity contribution < 1.29 is 19.1 Å². The molecule has 0 aliphatic heterocycles. The van der Waals surface area contributed by atoms with Crippen molar-refractivity contribution >= 4 is 17.7 Å². The molecular formula is C14H17FN2O3. The largest absolute Gasteiger partial charge is 0.481 e. The standard InChI is InChI=1S/C14H17FN2O3/c1-8-2-5-11(15)12(6-8)17-14(20)16-10-4-3-9(7-10)13(18)19/h2,5-6,9-10H,3-4,7H2,1H3,(H,18,19)(H2,16,17,20)/t9-,10+/m1/s1. The number of amides is 2. The lowest BCUT2D eigenvalue weighted by Gasteiger charge is -2.14. The van der Waals surface area contributed by atoms with E-state index in [1.807, 2.05) is 0 Å². The first-order chi connectivity index (χ1) is 9.45. The van der Waals surface area contributed by atoms with Crippen molar-refractivity contribution in [1.82, 2.24) is 5.32 Å². The molecule has 0 spiro atoms. The number of hydrogen-bond donors (Lipinski definition) is 3. The number of anilines is 1. The smallest absolute Gasteiger partial charge is 0.319 e. The number of aryl methyl sites for hydroxylation is 1. The summed E-state index contributed by atoms with van der Waals surface area (Å²) < 4.78 is 13.5. The van der Waals surface area contributed by atoms with Gasteiger partial charge in [-0.3, -0.25) is 4.79 Å². The van der Waals surface area contributed by atoms with Gasteiger partial charge in [-0.05, 0) is 43.9 Å². The SMILES string of the molecule is Cc1ccc(F)c(NC(=O)N[C@H]2CC[C@@H](C(=O)O)C2)c1. The van der Waals surface area contributed by atoms with Gasteiger partial charge in [0.25, 0.3) is 0 Å². The molecule has 1 aliphatic carbocycles. The van der Waals surface area contributed by atoms with E-state index in [1.165, 1.54) is 6.07 Å². The monoisotopic (exact) mass is 280 g/mol. The first-order valence-electron chi connectivity index (χ1n) is 6.52. The third-order valence-electron chi connectivity index (χ3n) is 3.49. The van der Waals surface area contributed by atoms with Crippen molar-refractivity contribution in [3.05, 3.63) is 29.6 Å². The van der Waals surface area contributed by atoms with Crippen LogP contribution in [0.3, 0.4) is 0 Å². The Hall–Kier alpha value is -2.11. The van der Waals surface area contributed by atoms with Crippen LogP contribution in [0.2, 0.25) is 0 Å². The Morgan fingerprint density at radius 2 is 2.10 bits per heavy atom. The number of benzene rings is 1. The van der Waals surface area contributed by atoms with Crippen LogP contribution < -0.4 is 10.6 Å². The summed E-state index contributed by atoms with van der Waals surface area (Å²) in [6.07, 6.45) is 1.60. The minimum atomic E-state index is -0.834. The minimum Gasteiger partial charge on any atom is -0.481 e. The van der Waals surface area contributed by atoms with Crippen molar-refractivity contribution in [2.75, 3.05) is 5.32 Å². The van der Waals surface area contributed by atoms with E-state index in [0.29, 0.717) is 19.3 Å². The van der Waals surface area contributed by atoms with E-state index >= 15 is 0 Å². The number of hydrogen-bond acceptors (Lipinski definition) is 2. The van der Waals surface area contributed by atoms with Crippen molar-refractivity contribution in [2.24, 2.45) is 5.92 Å². The molecule has 5 nitrogen and oxygen atoms in total. The highest BCUT2D eigenvalue weighted by atomic mass is 19.1. The maximum atomic E-state index is 13.5. The highest BCUT2D eigenvalue weighted by Crippen LogP contribution is 2.25. The lowest BCUT2D eigenvalue weighted by molar-refractivity contribution is -0.141. The number of aliphatic carboxylic acids is 1. The molecule has 2 rings (SSSR count). The molecule has 108 valence electrons. The molecule has 0 bridgehead atoms. The van der Waals surface area contributed by atoms with E-state index < -0.39 is 23.7 Å². The van der Waals surface area contributed by atoms with Gasteiger partial charge in [-0.15, -0.1) is 0 Å². The second-order valence-electron chi connectivity index (χ2n) is 5.13. The number of nitrogens with one attached hydrogen (secondary N) is 2. The average Bonchev–Trinajstić information content (AvgIpc) is 2.82. The van der Waals surface area contributed by atoms with Gasteiger partial charge in [-0.1, -0.05) is 6.07 Å². The summed E-state index contributed by atoms with van der Waals surface area (Å²) in [5.41, 5.74) is 0.962. The topological polar surface area (TPSA) is 78.4 Å². The lowest BCUT2D eigenvalue weighted by atomic mass is 10.1. The molecule has 2 atom stereocenters. The normalized spacial score (nSPS) is 21.5. The van der Waals surface area contributed by atoms with E-state index in [2.05, 4.69) is 10.6 Å². The summed E-state index contributed by atoms with van der Waals surface area (Å²) >= 11 is 0. The number of halogens is 1. The Morgan fingerprint density at radius 1 is 1.35 bits per heavy atom. The van der Waals surface area contributed by atoms with Crippen LogP contribution in [0.15, 0.2) is 18.2 Å². The number of carboxylic acids is 1. The number of carbonyl (C=O) groups excluding carboxylic acids is 1. The van der Waals surface area contributed by atoms with E-state index in [4.69, 9.17) is 5.11 Å². The van der Waals surface area contributed by atoms with Gasteiger partial charge >= 0.3 is 12.0 Å². The number of rotatable bonds is 3. The predicted octanol–water partition coefficient (Wildman–Crippen LogP) is 2.51. The Kier molecular flexibility index (Phi) is 4.22. The summed E-state index contributed by atoms with van der Waals surface area (Å²) in [5.74, 6) is -1.74. The second kappa shape index (κ2) is 5.90. The van der Waals surface area contributed by atoms with Crippen LogP contribution in [-0.4, -0.2) is 23.1 Å². The van der Waals surface area contributed by atoms with Crippen LogP contribution in [0.1, 0.15) is 24.8 Å². The molecule has 20 heavy (non-hydrogen) atoms. The summed E-state index contributed by atoms with van der Waals surface area (Å²) in [6, 6.07) is 3.77. The Morgan fingerprint density at radius 3 is 2.75 bits per heavy atom. The van der Waals surface area contributed by atoms with Gasteiger partial charge in [0.2, 0.25) is 0 Å². The van der Waals surface area contributed by atoms with E-state index in [1.54, 1.807) is 19.1 Å². The fourth-order valence-electron chi connectivity index (χ4n) is 2.42. The van der Waals surface area contributed by atoms with Crippen LogP contribution in [0.4, 0.5) is 14.9 Å². The van der Waals surface area contributed by atoms with Gasteiger partial charge in [0.15, 0.2) is 0 Å². The van der Waals surface area contributed by atoms with E-state index in [0.717, 1.165) is 5.56 Å². The maximum absolute atomic E-state index is 13.5. The molecule has 3 N–H and O–H groups in total. The number of carbonyl (C=O) groups is 2. The van der Waals surface area contributed by atoms with E-state index in [-0.39, 0.29) is 11.7 Å². The summed E-state index contributed by atoms with van der Waals surface area (Å²) in [6.45, 7) is 1.80. The summed E-state index contributed by atoms with van der Waals surface area (Å²) in [4.78, 5) is 22.6. The molecule has 0 aromatic heterocycles. The van der Waals surface area contributed by atoms with Gasteiger partial charge < -0.3 is 15.7 Å². The first-order valence-corrected chi connectivity index (χ1v) is 6.52. The molecule has 6 heteroatoms. The molecule has 1 saturated carbocycles. The van der Waals surface area contributed by atoms with Gasteiger partial charge in [-0.25, -0.2) is 9.18 Å². The van der Waals surface area contributed by atoms with Crippen LogP contribution >= 0.6 is 0 Å². The predicted molar refractivity (Wildman–Crippen MR) is 72.1 cm³/mol. The Labute approximate surface area is 116 Å². The van der Waals surface area contributed by atoms with E-state index in [9.17, 15) is 14.0 Å². The van der Waals surface area contributed by atoms with Gasteiger partial charge in [-0.2, -0.15) is 0 Å². The van der Waals surface area contributed by atoms with Gasteiger partial charge in [0.05, 0.1) is 11.6 Å². The zero-order valence-electron chi connectivity index (χ0n) is 11.1. The summed E-state index contributed by atoms with van der Waals surface area (Å²) in [5, 5.41) is 14.0. The molecule has 0 heterocycles. The van der Waals surface area contributed by atoms with Crippen molar-refractivity contribution in [2.45, 2.75) is 32.2 Å². The molecule has 0 radical (unpaired) electrons. The minimum absolute atomic E-state index is 0.121. The van der Waals surface area contributed by atoms with Crippen LogP contribution in [0, 0.1) is 18.7 Å². The lowest BCUT2D eigenvalue weighted by Crippen LogP contribution is -2.36. The van der Waals surface area contributed by atoms with Crippen molar-refractivity contribution in [1.29, 1.82) is 0 Å². The molecule has 0 unspecified atom stereocenters. The van der Waals surface area contributed by atoms with Crippen LogP contribution in [0.5, 0.6) is 0 Å². The van der Waals surface area contributed by atoms with Crippen molar-refractivity contribution in [3.63, 3.8) is 0 Å². The fourth-order valence-corrected chi connectivity index (χ4v) is 2.42. The Bertz CT molecular complexity index is 533. The molecule has 1 aromatic rings. The average molecular weight is 280 g/mol. The molecule has 1 fully saturated rings. The van der Waals surface area contributed by atoms with Crippen LogP contribution in [0.25, 0.3) is 0 Å². The molecule has 1 aliphatic rings. The van der Waals surface area contributed by atoms with Gasteiger partial charge in [0.1, 0.15) is 5.82 Å². The van der Waals surface area contributed by atoms with Gasteiger partial charge in [0, 0.05) is 6.04 Å². The number of carboxylic acid groups (broad SMARTS) is 1. The quantitative estimate of drug-likeness (QED) is 0.796. The van der Waals surface area contributed by atoms with Crippen LogP contribution in [-0.2, 0) is 4.79 Å². The molecule has 2 amide bonds. The first kappa shape index (κ1) is 14.3. The summed E-state index contributed by atoms with van der Waals surface area (Å²) in [7, 11) is 0. The molecular weight excluding hydrogens is 263 g/mol. The molecule has 1 aromatic carbocycles. The molecule has 0 saturated heterocycles. The maximum Gasteiger partial charge on any atom is 0.319 e. The zero-order valence-corrected chi connectivity index (χ0v) is 11.1. The highest BCUT2D eigenvalue weighted by molar-refractivity contribution is 5.89. The third-order valence-corrected chi connectivity index (χ3v) is 3.49. The van der Waals surface area contributed by atoms with Crippen molar-refractivity contribution in [3.8, 4) is 0 Å². The second-order valence-corrected chi connectivity index (χ2v) is 5.13. The Balaban J connectivity index is 1.90.